The highest BCUT2D eigenvalue weighted by Crippen LogP contribution is 2.15. The predicted octanol–water partition coefficient (Wildman–Crippen LogP) is 3.55. The Morgan fingerprint density at radius 2 is 1.83 bits per heavy atom. The van der Waals surface area contributed by atoms with Gasteiger partial charge in [-0.05, 0) is 37.1 Å². The van der Waals surface area contributed by atoms with Gasteiger partial charge in [0.1, 0.15) is 5.75 Å². The zero-order valence-electron chi connectivity index (χ0n) is 10.9. The molecule has 1 atom stereocenters. The molecule has 0 bridgehead atoms. The molecule has 1 unspecified atom stereocenters. The van der Waals surface area contributed by atoms with Crippen molar-refractivity contribution in [2.24, 2.45) is 0 Å². The summed E-state index contributed by atoms with van der Waals surface area (Å²) < 4.78 is 0. The molecule has 2 N–H and O–H groups in total. The summed E-state index contributed by atoms with van der Waals surface area (Å²) in [6.45, 7) is 5.07. The first-order chi connectivity index (χ1) is 8.65. The lowest BCUT2D eigenvalue weighted by molar-refractivity contribution is 0.474. The normalized spacial score (nSPS) is 12.3. The zero-order valence-corrected chi connectivity index (χ0v) is 10.9. The number of phenols is 1. The van der Waals surface area contributed by atoms with Crippen molar-refractivity contribution >= 4 is 0 Å². The lowest BCUT2D eigenvalue weighted by atomic mass is 10.1. The van der Waals surface area contributed by atoms with Gasteiger partial charge in [-0.15, -0.1) is 0 Å². The highest BCUT2D eigenvalue weighted by atomic mass is 16.3. The summed E-state index contributed by atoms with van der Waals surface area (Å²) >= 11 is 0. The molecule has 0 aliphatic heterocycles. The second kappa shape index (κ2) is 5.69. The van der Waals surface area contributed by atoms with Crippen LogP contribution in [0.1, 0.15) is 29.7 Å². The van der Waals surface area contributed by atoms with E-state index in [4.69, 9.17) is 0 Å². The van der Waals surface area contributed by atoms with Crippen molar-refractivity contribution in [3.8, 4) is 5.75 Å². The summed E-state index contributed by atoms with van der Waals surface area (Å²) in [6.07, 6.45) is 0. The van der Waals surface area contributed by atoms with Crippen molar-refractivity contribution in [1.82, 2.24) is 5.32 Å². The number of nitrogens with one attached hydrogen (secondary N) is 1. The maximum Gasteiger partial charge on any atom is 0.115 e. The average molecular weight is 241 g/mol. The van der Waals surface area contributed by atoms with Crippen molar-refractivity contribution in [1.29, 1.82) is 0 Å². The standard InChI is InChI=1S/C16H19NO/c1-12-4-3-5-15(10-12)13(2)17-11-14-6-8-16(18)9-7-14/h3-10,13,17-18H,11H2,1-2H3. The van der Waals surface area contributed by atoms with Gasteiger partial charge in [0, 0.05) is 12.6 Å². The van der Waals surface area contributed by atoms with E-state index in [1.165, 1.54) is 16.7 Å². The van der Waals surface area contributed by atoms with Gasteiger partial charge in [0.25, 0.3) is 0 Å². The Hall–Kier alpha value is -1.80. The molecule has 0 spiro atoms. The molecule has 0 aliphatic rings. The number of rotatable bonds is 4. The molecule has 0 aromatic heterocycles. The van der Waals surface area contributed by atoms with Crippen LogP contribution in [0, 0.1) is 6.92 Å². The van der Waals surface area contributed by atoms with E-state index in [9.17, 15) is 5.11 Å². The van der Waals surface area contributed by atoms with Gasteiger partial charge in [-0.25, -0.2) is 0 Å². The molecule has 0 saturated carbocycles. The SMILES string of the molecule is Cc1cccc(C(C)NCc2ccc(O)cc2)c1. The number of aromatic hydroxyl groups is 1. The minimum atomic E-state index is 0.311. The van der Waals surface area contributed by atoms with Crippen molar-refractivity contribution < 1.29 is 5.11 Å². The van der Waals surface area contributed by atoms with Crippen molar-refractivity contribution in [3.63, 3.8) is 0 Å². The Labute approximate surface area is 108 Å². The molecule has 0 radical (unpaired) electrons. The Morgan fingerprint density at radius 1 is 1.11 bits per heavy atom. The molecule has 2 nitrogen and oxygen atoms in total. The fourth-order valence-corrected chi connectivity index (χ4v) is 1.94. The molecule has 0 saturated heterocycles. The minimum absolute atomic E-state index is 0.311. The summed E-state index contributed by atoms with van der Waals surface area (Å²) in [5, 5.41) is 12.7. The third kappa shape index (κ3) is 3.34. The van der Waals surface area contributed by atoms with Gasteiger partial charge in [-0.1, -0.05) is 42.0 Å². The number of hydrogen-bond donors (Lipinski definition) is 2. The maximum absolute atomic E-state index is 9.22. The van der Waals surface area contributed by atoms with Gasteiger partial charge < -0.3 is 10.4 Å². The summed E-state index contributed by atoms with van der Waals surface area (Å²) in [5.41, 5.74) is 3.76. The van der Waals surface area contributed by atoms with Crippen molar-refractivity contribution in [2.75, 3.05) is 0 Å². The van der Waals surface area contributed by atoms with Gasteiger partial charge in [-0.2, -0.15) is 0 Å². The molecule has 2 rings (SSSR count). The Bertz CT molecular complexity index is 505. The first-order valence-corrected chi connectivity index (χ1v) is 6.23. The first kappa shape index (κ1) is 12.7. The minimum Gasteiger partial charge on any atom is -0.508 e. The van der Waals surface area contributed by atoms with Crippen LogP contribution < -0.4 is 5.32 Å². The number of benzene rings is 2. The number of aryl methyl sites for hydroxylation is 1. The molecule has 2 heteroatoms. The third-order valence-electron chi connectivity index (χ3n) is 3.09. The van der Waals surface area contributed by atoms with Crippen LogP contribution in [-0.2, 0) is 6.54 Å². The van der Waals surface area contributed by atoms with Crippen LogP contribution in [0.5, 0.6) is 5.75 Å². The predicted molar refractivity (Wildman–Crippen MR) is 74.5 cm³/mol. The van der Waals surface area contributed by atoms with Crippen molar-refractivity contribution in [3.05, 3.63) is 65.2 Å². The second-order valence-corrected chi connectivity index (χ2v) is 4.68. The van der Waals surface area contributed by atoms with Crippen LogP contribution in [0.15, 0.2) is 48.5 Å². The summed E-state index contributed by atoms with van der Waals surface area (Å²) in [7, 11) is 0. The molecular formula is C16H19NO. The third-order valence-corrected chi connectivity index (χ3v) is 3.09. The lowest BCUT2D eigenvalue weighted by Crippen LogP contribution is -2.18. The molecule has 0 fully saturated rings. The van der Waals surface area contributed by atoms with Gasteiger partial charge in [0.2, 0.25) is 0 Å². The number of hydrogen-bond acceptors (Lipinski definition) is 2. The molecule has 94 valence electrons. The Kier molecular flexibility index (Phi) is 4.00. The van der Waals surface area contributed by atoms with E-state index < -0.39 is 0 Å². The molecule has 18 heavy (non-hydrogen) atoms. The molecule has 0 aliphatic carbocycles. The van der Waals surface area contributed by atoms with Crippen LogP contribution in [0.3, 0.4) is 0 Å². The summed E-state index contributed by atoms with van der Waals surface area (Å²) in [4.78, 5) is 0. The van der Waals surface area contributed by atoms with Crippen LogP contribution in [0.4, 0.5) is 0 Å². The van der Waals surface area contributed by atoms with Crippen molar-refractivity contribution in [2.45, 2.75) is 26.4 Å². The summed E-state index contributed by atoms with van der Waals surface area (Å²) in [6, 6.07) is 16.2. The van der Waals surface area contributed by atoms with E-state index in [2.05, 4.69) is 43.4 Å². The Morgan fingerprint density at radius 3 is 2.50 bits per heavy atom. The zero-order chi connectivity index (χ0) is 13.0. The molecule has 2 aromatic rings. The quantitative estimate of drug-likeness (QED) is 0.858. The van der Waals surface area contributed by atoms with Gasteiger partial charge in [0.05, 0.1) is 0 Å². The Balaban J connectivity index is 1.96. The first-order valence-electron chi connectivity index (χ1n) is 6.23. The fourth-order valence-electron chi connectivity index (χ4n) is 1.94. The summed E-state index contributed by atoms with van der Waals surface area (Å²) in [5.74, 6) is 0.311. The largest absolute Gasteiger partial charge is 0.508 e. The average Bonchev–Trinajstić information content (AvgIpc) is 2.38. The lowest BCUT2D eigenvalue weighted by Gasteiger charge is -2.15. The van der Waals surface area contributed by atoms with Gasteiger partial charge in [-0.3, -0.25) is 0 Å². The van der Waals surface area contributed by atoms with E-state index in [0.29, 0.717) is 11.8 Å². The van der Waals surface area contributed by atoms with E-state index in [1.807, 2.05) is 12.1 Å². The molecule has 0 heterocycles. The smallest absolute Gasteiger partial charge is 0.115 e. The van der Waals surface area contributed by atoms with Gasteiger partial charge >= 0.3 is 0 Å². The topological polar surface area (TPSA) is 32.3 Å². The van der Waals surface area contributed by atoms with Crippen LogP contribution in [-0.4, -0.2) is 5.11 Å². The molecular weight excluding hydrogens is 222 g/mol. The van der Waals surface area contributed by atoms with Crippen LogP contribution in [0.2, 0.25) is 0 Å². The van der Waals surface area contributed by atoms with Gasteiger partial charge in [0.15, 0.2) is 0 Å². The highest BCUT2D eigenvalue weighted by Gasteiger charge is 2.04. The van der Waals surface area contributed by atoms with E-state index >= 15 is 0 Å². The van der Waals surface area contributed by atoms with Crippen LogP contribution in [0.25, 0.3) is 0 Å². The maximum atomic E-state index is 9.22. The van der Waals surface area contributed by atoms with E-state index in [0.717, 1.165) is 6.54 Å². The van der Waals surface area contributed by atoms with Crippen LogP contribution >= 0.6 is 0 Å². The fraction of sp³-hybridized carbons (Fsp3) is 0.250. The number of phenolic OH excluding ortho intramolecular Hbond substituents is 1. The second-order valence-electron chi connectivity index (χ2n) is 4.68. The highest BCUT2D eigenvalue weighted by molar-refractivity contribution is 5.27. The monoisotopic (exact) mass is 241 g/mol. The molecule has 0 amide bonds. The van der Waals surface area contributed by atoms with E-state index in [1.54, 1.807) is 12.1 Å². The van der Waals surface area contributed by atoms with E-state index in [-0.39, 0.29) is 0 Å². The molecule has 2 aromatic carbocycles.